The van der Waals surface area contributed by atoms with E-state index in [-0.39, 0.29) is 36.3 Å². The average Bonchev–Trinajstić information content (AvgIpc) is 3.46. The van der Waals surface area contributed by atoms with Crippen LogP contribution in [0.5, 0.6) is 0 Å². The number of ether oxygens (including phenoxy) is 1. The summed E-state index contributed by atoms with van der Waals surface area (Å²) in [6.45, 7) is 7.91. The zero-order valence-electron chi connectivity index (χ0n) is 19.5. The fourth-order valence-corrected chi connectivity index (χ4v) is 4.89. The number of thiazole rings is 1. The van der Waals surface area contributed by atoms with Crippen molar-refractivity contribution in [1.29, 1.82) is 0 Å². The number of rotatable bonds is 7. The fourth-order valence-electron chi connectivity index (χ4n) is 3.90. The summed E-state index contributed by atoms with van der Waals surface area (Å²) in [7, 11) is 0. The number of carbonyl (C=O) groups is 2. The van der Waals surface area contributed by atoms with Crippen LogP contribution in [-0.2, 0) is 14.9 Å². The molecule has 6 nitrogen and oxygen atoms in total. The van der Waals surface area contributed by atoms with Gasteiger partial charge in [0.1, 0.15) is 0 Å². The second kappa shape index (κ2) is 10.0. The lowest BCUT2D eigenvalue weighted by atomic mass is 9.87. The molecule has 1 fully saturated rings. The molecule has 1 unspecified atom stereocenters. The van der Waals surface area contributed by atoms with Crippen LogP contribution in [0.15, 0.2) is 48.5 Å². The first-order chi connectivity index (χ1) is 15.8. The summed E-state index contributed by atoms with van der Waals surface area (Å²) >= 11 is 1.51. The molecule has 0 aliphatic carbocycles. The monoisotopic (exact) mass is 465 g/mol. The summed E-state index contributed by atoms with van der Waals surface area (Å²) in [6, 6.07) is 15.5. The Kier molecular flexibility index (Phi) is 7.10. The Labute approximate surface area is 199 Å². The van der Waals surface area contributed by atoms with Crippen LogP contribution in [0.3, 0.4) is 0 Å². The number of hydrogen-bond donors (Lipinski definition) is 1. The second-order valence-corrected chi connectivity index (χ2v) is 10.4. The number of anilines is 1. The Hall–Kier alpha value is -2.77. The van der Waals surface area contributed by atoms with Crippen molar-refractivity contribution >= 4 is 38.5 Å². The Morgan fingerprint density at radius 2 is 1.91 bits per heavy atom. The summed E-state index contributed by atoms with van der Waals surface area (Å²) in [4.78, 5) is 32.1. The number of para-hydroxylation sites is 1. The van der Waals surface area contributed by atoms with E-state index in [1.54, 1.807) is 4.90 Å². The van der Waals surface area contributed by atoms with Gasteiger partial charge in [0.25, 0.3) is 5.91 Å². The first kappa shape index (κ1) is 23.4. The zero-order chi connectivity index (χ0) is 23.4. The third kappa shape index (κ3) is 5.78. The van der Waals surface area contributed by atoms with E-state index in [1.807, 2.05) is 48.5 Å². The molecule has 174 valence electrons. The van der Waals surface area contributed by atoms with Crippen LogP contribution in [0, 0.1) is 0 Å². The molecule has 2 aromatic carbocycles. The highest BCUT2D eigenvalue weighted by molar-refractivity contribution is 7.22. The maximum Gasteiger partial charge on any atom is 0.251 e. The van der Waals surface area contributed by atoms with Gasteiger partial charge in [-0.15, -0.1) is 0 Å². The molecule has 0 saturated carbocycles. The summed E-state index contributed by atoms with van der Waals surface area (Å²) in [6.07, 6.45) is 2.18. The van der Waals surface area contributed by atoms with Crippen LogP contribution in [0.2, 0.25) is 0 Å². The summed E-state index contributed by atoms with van der Waals surface area (Å²) in [5.41, 5.74) is 2.69. The number of fused-ring (bicyclic) bond motifs is 1. The van der Waals surface area contributed by atoms with Gasteiger partial charge in [-0.3, -0.25) is 14.5 Å². The van der Waals surface area contributed by atoms with E-state index in [0.29, 0.717) is 17.2 Å². The van der Waals surface area contributed by atoms with Crippen molar-refractivity contribution in [2.24, 2.45) is 0 Å². The van der Waals surface area contributed by atoms with Gasteiger partial charge < -0.3 is 10.1 Å². The molecule has 7 heteroatoms. The van der Waals surface area contributed by atoms with E-state index < -0.39 is 0 Å². The predicted molar refractivity (Wildman–Crippen MR) is 133 cm³/mol. The number of nitrogens with zero attached hydrogens (tertiary/aromatic N) is 2. The summed E-state index contributed by atoms with van der Waals surface area (Å²) in [5, 5.41) is 3.56. The molecule has 0 bridgehead atoms. The van der Waals surface area contributed by atoms with Gasteiger partial charge in [-0.1, -0.05) is 56.4 Å². The number of hydrogen-bond acceptors (Lipinski definition) is 5. The third-order valence-electron chi connectivity index (χ3n) is 5.86. The number of amides is 2. The molecular weight excluding hydrogens is 434 g/mol. The highest BCUT2D eigenvalue weighted by Crippen LogP contribution is 2.30. The lowest BCUT2D eigenvalue weighted by Crippen LogP contribution is -2.39. The molecule has 2 amide bonds. The molecule has 0 radical (unpaired) electrons. The van der Waals surface area contributed by atoms with Crippen molar-refractivity contribution in [3.63, 3.8) is 0 Å². The molecule has 33 heavy (non-hydrogen) atoms. The van der Waals surface area contributed by atoms with Gasteiger partial charge in [-0.05, 0) is 48.1 Å². The predicted octanol–water partition coefficient (Wildman–Crippen LogP) is 4.93. The van der Waals surface area contributed by atoms with Gasteiger partial charge >= 0.3 is 0 Å². The van der Waals surface area contributed by atoms with Crippen LogP contribution >= 0.6 is 11.3 Å². The third-order valence-corrected chi connectivity index (χ3v) is 6.92. The van der Waals surface area contributed by atoms with Crippen molar-refractivity contribution < 1.29 is 14.3 Å². The van der Waals surface area contributed by atoms with E-state index in [9.17, 15) is 9.59 Å². The van der Waals surface area contributed by atoms with E-state index in [1.165, 1.54) is 16.9 Å². The van der Waals surface area contributed by atoms with Crippen molar-refractivity contribution in [3.8, 4) is 0 Å². The highest BCUT2D eigenvalue weighted by Gasteiger charge is 2.26. The molecule has 2 heterocycles. The van der Waals surface area contributed by atoms with E-state index in [4.69, 9.17) is 4.74 Å². The Morgan fingerprint density at radius 3 is 2.58 bits per heavy atom. The summed E-state index contributed by atoms with van der Waals surface area (Å²) in [5.74, 6) is -0.234. The number of carbonyl (C=O) groups excluding carboxylic acids is 2. The molecule has 1 aliphatic rings. The van der Waals surface area contributed by atoms with E-state index in [0.717, 1.165) is 29.7 Å². The van der Waals surface area contributed by atoms with E-state index >= 15 is 0 Å². The zero-order valence-corrected chi connectivity index (χ0v) is 20.3. The van der Waals surface area contributed by atoms with Crippen molar-refractivity contribution in [3.05, 3.63) is 59.7 Å². The molecule has 1 aliphatic heterocycles. The Balaban J connectivity index is 1.39. The van der Waals surface area contributed by atoms with Crippen LogP contribution in [0.1, 0.15) is 56.0 Å². The van der Waals surface area contributed by atoms with Crippen molar-refractivity contribution in [1.82, 2.24) is 10.3 Å². The number of aromatic nitrogens is 1. The lowest BCUT2D eigenvalue weighted by molar-refractivity contribution is -0.118. The molecule has 3 aromatic rings. The van der Waals surface area contributed by atoms with Crippen molar-refractivity contribution in [2.45, 2.75) is 51.6 Å². The minimum atomic E-state index is -0.172. The maximum atomic E-state index is 13.2. The number of nitrogens with one attached hydrogen (secondary N) is 1. The van der Waals surface area contributed by atoms with Gasteiger partial charge in [0.15, 0.2) is 5.13 Å². The largest absolute Gasteiger partial charge is 0.376 e. The molecule has 0 spiro atoms. The quantitative estimate of drug-likeness (QED) is 0.537. The van der Waals surface area contributed by atoms with Crippen molar-refractivity contribution in [2.75, 3.05) is 24.6 Å². The second-order valence-electron chi connectivity index (χ2n) is 9.44. The first-order valence-electron chi connectivity index (χ1n) is 11.5. The van der Waals surface area contributed by atoms with Gasteiger partial charge in [0.05, 0.1) is 22.9 Å². The number of benzene rings is 2. The molecule has 1 saturated heterocycles. The van der Waals surface area contributed by atoms with Gasteiger partial charge in [-0.2, -0.15) is 0 Å². The average molecular weight is 466 g/mol. The van der Waals surface area contributed by atoms with Gasteiger partial charge in [0.2, 0.25) is 5.91 Å². The molecule has 4 rings (SSSR count). The van der Waals surface area contributed by atoms with Crippen LogP contribution in [-0.4, -0.2) is 42.6 Å². The minimum absolute atomic E-state index is 0.0249. The van der Waals surface area contributed by atoms with Gasteiger partial charge in [-0.25, -0.2) is 4.98 Å². The Bertz CT molecular complexity index is 1080. The lowest BCUT2D eigenvalue weighted by Gasteiger charge is -2.23. The molecule has 1 N–H and O–H groups in total. The molecule has 1 atom stereocenters. The standard InChI is InChI=1S/C26H31N3O3S/c1-26(2,3)19-12-10-18(11-13-19)24(31)27-15-14-23(30)29(17-20-7-6-16-32-20)25-28-21-8-4-5-9-22(21)33-25/h4-5,8-13,20H,6-7,14-17H2,1-3H3,(H,27,31). The maximum absolute atomic E-state index is 13.2. The highest BCUT2D eigenvalue weighted by atomic mass is 32.1. The topological polar surface area (TPSA) is 71.5 Å². The smallest absolute Gasteiger partial charge is 0.251 e. The Morgan fingerprint density at radius 1 is 1.15 bits per heavy atom. The van der Waals surface area contributed by atoms with Gasteiger partial charge in [0, 0.05) is 25.1 Å². The normalized spacial score (nSPS) is 16.2. The summed E-state index contributed by atoms with van der Waals surface area (Å²) < 4.78 is 6.82. The molecule has 1 aromatic heterocycles. The van der Waals surface area contributed by atoms with Crippen LogP contribution in [0.4, 0.5) is 5.13 Å². The first-order valence-corrected chi connectivity index (χ1v) is 12.3. The minimum Gasteiger partial charge on any atom is -0.376 e. The SMILES string of the molecule is CC(C)(C)c1ccc(C(=O)NCCC(=O)N(CC2CCCO2)c2nc3ccccc3s2)cc1. The van der Waals surface area contributed by atoms with E-state index in [2.05, 4.69) is 31.1 Å². The van der Waals surface area contributed by atoms with Crippen LogP contribution in [0.25, 0.3) is 10.2 Å². The molecular formula is C26H31N3O3S. The van der Waals surface area contributed by atoms with Crippen LogP contribution < -0.4 is 10.2 Å². The fraction of sp³-hybridized carbons (Fsp3) is 0.423.